The van der Waals surface area contributed by atoms with E-state index in [1.807, 2.05) is 0 Å². The lowest BCUT2D eigenvalue weighted by Crippen LogP contribution is -2.24. The SMILES string of the molecule is Fc1c(Cl)cc2c(c1CC1CCCN1)OCO2. The van der Waals surface area contributed by atoms with Crippen LogP contribution in [0.3, 0.4) is 0 Å². The van der Waals surface area contributed by atoms with Gasteiger partial charge in [-0.1, -0.05) is 11.6 Å². The Morgan fingerprint density at radius 3 is 3.12 bits per heavy atom. The summed E-state index contributed by atoms with van der Waals surface area (Å²) in [5, 5.41) is 3.44. The molecule has 2 aliphatic rings. The van der Waals surface area contributed by atoms with Gasteiger partial charge < -0.3 is 14.8 Å². The molecule has 5 heteroatoms. The Bertz CT molecular complexity index is 447. The number of hydrogen-bond acceptors (Lipinski definition) is 3. The fraction of sp³-hybridized carbons (Fsp3) is 0.500. The Labute approximate surface area is 104 Å². The van der Waals surface area contributed by atoms with E-state index in [0.29, 0.717) is 29.5 Å². The summed E-state index contributed by atoms with van der Waals surface area (Å²) >= 11 is 5.85. The van der Waals surface area contributed by atoms with Gasteiger partial charge in [-0.2, -0.15) is 0 Å². The number of benzene rings is 1. The molecule has 0 aromatic heterocycles. The number of hydrogen-bond donors (Lipinski definition) is 1. The highest BCUT2D eigenvalue weighted by molar-refractivity contribution is 6.31. The monoisotopic (exact) mass is 257 g/mol. The van der Waals surface area contributed by atoms with E-state index >= 15 is 0 Å². The number of fused-ring (bicyclic) bond motifs is 1. The summed E-state index contributed by atoms with van der Waals surface area (Å²) in [4.78, 5) is 0. The molecule has 2 heterocycles. The van der Waals surface area contributed by atoms with E-state index in [2.05, 4.69) is 5.32 Å². The quantitative estimate of drug-likeness (QED) is 0.883. The minimum absolute atomic E-state index is 0.0993. The van der Waals surface area contributed by atoms with E-state index in [-0.39, 0.29) is 17.6 Å². The van der Waals surface area contributed by atoms with Crippen molar-refractivity contribution in [3.05, 3.63) is 22.5 Å². The Hall–Kier alpha value is -1.00. The highest BCUT2D eigenvalue weighted by atomic mass is 35.5. The van der Waals surface area contributed by atoms with E-state index in [1.54, 1.807) is 0 Å². The zero-order chi connectivity index (χ0) is 11.8. The minimum Gasteiger partial charge on any atom is -0.454 e. The molecule has 0 bridgehead atoms. The molecular formula is C12H13ClFNO2. The van der Waals surface area contributed by atoms with Crippen molar-refractivity contribution in [3.63, 3.8) is 0 Å². The largest absolute Gasteiger partial charge is 0.454 e. The van der Waals surface area contributed by atoms with Crippen molar-refractivity contribution < 1.29 is 13.9 Å². The molecule has 3 rings (SSSR count). The van der Waals surface area contributed by atoms with Gasteiger partial charge in [0.1, 0.15) is 5.82 Å². The van der Waals surface area contributed by atoms with Crippen LogP contribution in [0.2, 0.25) is 5.02 Å². The first-order chi connectivity index (χ1) is 8.25. The predicted molar refractivity (Wildman–Crippen MR) is 62.3 cm³/mol. The summed E-state index contributed by atoms with van der Waals surface area (Å²) in [7, 11) is 0. The lowest BCUT2D eigenvalue weighted by atomic mass is 10.0. The zero-order valence-electron chi connectivity index (χ0n) is 9.26. The predicted octanol–water partition coefficient (Wildman–Crippen LogP) is 2.50. The van der Waals surface area contributed by atoms with E-state index in [9.17, 15) is 4.39 Å². The molecule has 0 aliphatic carbocycles. The topological polar surface area (TPSA) is 30.5 Å². The zero-order valence-corrected chi connectivity index (χ0v) is 10.0. The van der Waals surface area contributed by atoms with Gasteiger partial charge in [-0.15, -0.1) is 0 Å². The summed E-state index contributed by atoms with van der Waals surface area (Å²) in [5.41, 5.74) is 0.532. The maximum atomic E-state index is 14.0. The molecule has 0 spiro atoms. The van der Waals surface area contributed by atoms with Gasteiger partial charge in [0.05, 0.1) is 5.02 Å². The number of nitrogens with one attached hydrogen (secondary N) is 1. The van der Waals surface area contributed by atoms with E-state index in [0.717, 1.165) is 19.4 Å². The van der Waals surface area contributed by atoms with Crippen LogP contribution in [-0.2, 0) is 6.42 Å². The van der Waals surface area contributed by atoms with Crippen molar-refractivity contribution in [2.75, 3.05) is 13.3 Å². The molecule has 1 aromatic carbocycles. The van der Waals surface area contributed by atoms with Crippen LogP contribution in [0, 0.1) is 5.82 Å². The Morgan fingerprint density at radius 1 is 1.47 bits per heavy atom. The van der Waals surface area contributed by atoms with Gasteiger partial charge in [-0.3, -0.25) is 0 Å². The van der Waals surface area contributed by atoms with E-state index < -0.39 is 0 Å². The molecule has 0 amide bonds. The summed E-state index contributed by atoms with van der Waals surface area (Å²) in [5.74, 6) is 0.676. The Balaban J connectivity index is 1.96. The van der Waals surface area contributed by atoms with Gasteiger partial charge >= 0.3 is 0 Å². The number of rotatable bonds is 2. The summed E-state index contributed by atoms with van der Waals surface area (Å²) in [6.45, 7) is 1.13. The molecule has 17 heavy (non-hydrogen) atoms. The van der Waals surface area contributed by atoms with Crippen LogP contribution in [0.1, 0.15) is 18.4 Å². The summed E-state index contributed by atoms with van der Waals surface area (Å²) < 4.78 is 24.6. The van der Waals surface area contributed by atoms with Crippen molar-refractivity contribution in [3.8, 4) is 11.5 Å². The van der Waals surface area contributed by atoms with Crippen LogP contribution in [0.4, 0.5) is 4.39 Å². The molecule has 2 aliphatic heterocycles. The van der Waals surface area contributed by atoms with Crippen LogP contribution >= 0.6 is 11.6 Å². The fourth-order valence-electron chi connectivity index (χ4n) is 2.41. The van der Waals surface area contributed by atoms with Crippen molar-refractivity contribution in [2.24, 2.45) is 0 Å². The molecule has 1 N–H and O–H groups in total. The van der Waals surface area contributed by atoms with Gasteiger partial charge in [0.25, 0.3) is 0 Å². The van der Waals surface area contributed by atoms with Gasteiger partial charge in [0.15, 0.2) is 11.5 Å². The highest BCUT2D eigenvalue weighted by Gasteiger charge is 2.26. The third kappa shape index (κ3) is 1.96. The number of ether oxygens (including phenoxy) is 2. The molecule has 1 fully saturated rings. The molecule has 0 radical (unpaired) electrons. The second-order valence-electron chi connectivity index (χ2n) is 4.38. The Kier molecular flexibility index (Phi) is 2.84. The van der Waals surface area contributed by atoms with Crippen LogP contribution < -0.4 is 14.8 Å². The lowest BCUT2D eigenvalue weighted by molar-refractivity contribution is 0.173. The fourth-order valence-corrected chi connectivity index (χ4v) is 2.63. The average Bonchev–Trinajstić information content (AvgIpc) is 2.94. The Morgan fingerprint density at radius 2 is 2.35 bits per heavy atom. The molecule has 92 valence electrons. The first-order valence-corrected chi connectivity index (χ1v) is 6.13. The normalized spacial score (nSPS) is 22.1. The van der Waals surface area contributed by atoms with E-state index in [1.165, 1.54) is 6.07 Å². The second-order valence-corrected chi connectivity index (χ2v) is 4.79. The third-order valence-electron chi connectivity index (χ3n) is 3.26. The summed E-state index contributed by atoms with van der Waals surface area (Å²) in [6, 6.07) is 1.78. The van der Waals surface area contributed by atoms with Crippen LogP contribution in [-0.4, -0.2) is 19.4 Å². The van der Waals surface area contributed by atoms with E-state index in [4.69, 9.17) is 21.1 Å². The second kappa shape index (κ2) is 4.35. The third-order valence-corrected chi connectivity index (χ3v) is 3.54. The summed E-state index contributed by atoms with van der Waals surface area (Å²) in [6.07, 6.45) is 2.78. The van der Waals surface area contributed by atoms with Gasteiger partial charge in [-0.25, -0.2) is 4.39 Å². The average molecular weight is 258 g/mol. The van der Waals surface area contributed by atoms with Gasteiger partial charge in [0.2, 0.25) is 6.79 Å². The smallest absolute Gasteiger partial charge is 0.231 e. The van der Waals surface area contributed by atoms with Gasteiger partial charge in [-0.05, 0) is 25.8 Å². The lowest BCUT2D eigenvalue weighted by Gasteiger charge is -2.13. The van der Waals surface area contributed by atoms with Crippen LogP contribution in [0.5, 0.6) is 11.5 Å². The standard InChI is InChI=1S/C12H13ClFNO2/c13-9-5-10-12(17-6-16-10)8(11(9)14)4-7-2-1-3-15-7/h5,7,15H,1-4,6H2. The molecule has 1 unspecified atom stereocenters. The van der Waals surface area contributed by atoms with Crippen LogP contribution in [0.25, 0.3) is 0 Å². The van der Waals surface area contributed by atoms with Crippen molar-refractivity contribution in [1.82, 2.24) is 5.32 Å². The molecular weight excluding hydrogens is 245 g/mol. The highest BCUT2D eigenvalue weighted by Crippen LogP contribution is 2.41. The van der Waals surface area contributed by atoms with Gasteiger partial charge in [0, 0.05) is 17.7 Å². The molecule has 1 atom stereocenters. The molecule has 1 saturated heterocycles. The van der Waals surface area contributed by atoms with Crippen molar-refractivity contribution in [1.29, 1.82) is 0 Å². The molecule has 1 aromatic rings. The molecule has 3 nitrogen and oxygen atoms in total. The first-order valence-electron chi connectivity index (χ1n) is 5.75. The maximum absolute atomic E-state index is 14.0. The molecule has 0 saturated carbocycles. The van der Waals surface area contributed by atoms with Crippen molar-refractivity contribution >= 4 is 11.6 Å². The maximum Gasteiger partial charge on any atom is 0.231 e. The minimum atomic E-state index is -0.385. The van der Waals surface area contributed by atoms with Crippen molar-refractivity contribution in [2.45, 2.75) is 25.3 Å². The first kappa shape index (κ1) is 11.1. The van der Waals surface area contributed by atoms with Crippen LogP contribution in [0.15, 0.2) is 6.07 Å². The number of halogens is 2.